The minimum atomic E-state index is 0.415. The topological polar surface area (TPSA) is 43.1 Å². The van der Waals surface area contributed by atoms with Crippen molar-refractivity contribution in [2.24, 2.45) is 5.73 Å². The summed E-state index contributed by atoms with van der Waals surface area (Å²) in [5.41, 5.74) is 6.75. The molecule has 0 aliphatic rings. The molecule has 0 amide bonds. The summed E-state index contributed by atoms with van der Waals surface area (Å²) in [6.45, 7) is 0.769. The first-order valence-corrected chi connectivity index (χ1v) is 7.08. The lowest BCUT2D eigenvalue weighted by Gasteiger charge is -2.02. The van der Waals surface area contributed by atoms with Gasteiger partial charge in [-0.05, 0) is 37.8 Å². The normalized spacial score (nSPS) is 10.5. The number of Topliss-reactive ketones (excluding diaryl/α,β-unsaturated/α-hetero) is 1. The second-order valence-corrected chi connectivity index (χ2v) is 4.83. The molecule has 0 fully saturated rings. The molecular weight excluding hydrogens is 222 g/mol. The molecule has 0 saturated heterocycles. The Bertz CT molecular complexity index is 321. The van der Waals surface area contributed by atoms with Crippen LogP contribution in [0.15, 0.2) is 30.3 Å². The number of carbonyl (C=O) groups excluding carboxylic acids is 1. The number of benzene rings is 1. The van der Waals surface area contributed by atoms with Crippen molar-refractivity contribution in [3.8, 4) is 0 Å². The number of unbranched alkanes of at least 4 members (excludes halogenated alkanes) is 3. The van der Waals surface area contributed by atoms with E-state index in [0.29, 0.717) is 5.78 Å². The Hall–Kier alpha value is -1.15. The number of carbonyl (C=O) groups is 1. The number of ketones is 1. The Labute approximate surface area is 111 Å². The van der Waals surface area contributed by atoms with Gasteiger partial charge in [0.05, 0.1) is 0 Å². The highest BCUT2D eigenvalue weighted by Crippen LogP contribution is 2.08. The molecule has 1 aromatic carbocycles. The molecule has 18 heavy (non-hydrogen) atoms. The van der Waals surface area contributed by atoms with E-state index in [4.69, 9.17) is 5.73 Å². The van der Waals surface area contributed by atoms with E-state index in [9.17, 15) is 4.79 Å². The van der Waals surface area contributed by atoms with Crippen LogP contribution in [0, 0.1) is 0 Å². The largest absolute Gasteiger partial charge is 0.330 e. The number of nitrogens with two attached hydrogens (primary N) is 1. The van der Waals surface area contributed by atoms with Crippen LogP contribution in [0.3, 0.4) is 0 Å². The summed E-state index contributed by atoms with van der Waals surface area (Å²) < 4.78 is 0. The smallest absolute Gasteiger partial charge is 0.132 e. The lowest BCUT2D eigenvalue weighted by atomic mass is 10.0. The minimum Gasteiger partial charge on any atom is -0.330 e. The van der Waals surface area contributed by atoms with Crippen molar-refractivity contribution < 1.29 is 4.79 Å². The Morgan fingerprint density at radius 2 is 1.56 bits per heavy atom. The Morgan fingerprint density at radius 1 is 0.889 bits per heavy atom. The zero-order valence-electron chi connectivity index (χ0n) is 11.2. The van der Waals surface area contributed by atoms with Gasteiger partial charge in [-0.25, -0.2) is 0 Å². The fraction of sp³-hybridized carbons (Fsp3) is 0.562. The molecule has 0 aromatic heterocycles. The third-order valence-corrected chi connectivity index (χ3v) is 3.17. The average Bonchev–Trinajstić information content (AvgIpc) is 2.40. The van der Waals surface area contributed by atoms with Crippen molar-refractivity contribution >= 4 is 5.78 Å². The molecular formula is C16H25NO. The van der Waals surface area contributed by atoms with Gasteiger partial charge in [-0.15, -0.1) is 0 Å². The third kappa shape index (κ3) is 7.23. The van der Waals surface area contributed by atoms with Crippen LogP contribution in [-0.4, -0.2) is 12.3 Å². The van der Waals surface area contributed by atoms with Crippen molar-refractivity contribution in [1.82, 2.24) is 0 Å². The molecule has 1 rings (SSSR count). The third-order valence-electron chi connectivity index (χ3n) is 3.17. The first-order valence-electron chi connectivity index (χ1n) is 7.08. The molecule has 0 aliphatic carbocycles. The Kier molecular flexibility index (Phi) is 8.15. The van der Waals surface area contributed by atoms with Crippen LogP contribution in [0.4, 0.5) is 0 Å². The van der Waals surface area contributed by atoms with Gasteiger partial charge in [0, 0.05) is 12.8 Å². The summed E-state index contributed by atoms with van der Waals surface area (Å²) >= 11 is 0. The monoisotopic (exact) mass is 247 g/mol. The van der Waals surface area contributed by atoms with E-state index in [1.54, 1.807) is 0 Å². The molecule has 0 aliphatic heterocycles. The predicted octanol–water partition coefficient (Wildman–Crippen LogP) is 3.49. The predicted molar refractivity (Wildman–Crippen MR) is 76.5 cm³/mol. The fourth-order valence-corrected chi connectivity index (χ4v) is 2.08. The summed E-state index contributed by atoms with van der Waals surface area (Å²) in [6, 6.07) is 10.4. The second kappa shape index (κ2) is 9.84. The van der Waals surface area contributed by atoms with Gasteiger partial charge in [-0.1, -0.05) is 43.2 Å². The van der Waals surface area contributed by atoms with Crippen LogP contribution < -0.4 is 5.73 Å². The summed E-state index contributed by atoms with van der Waals surface area (Å²) in [4.78, 5) is 11.6. The SMILES string of the molecule is NCCCCCCC(=O)CCCc1ccccc1. The highest BCUT2D eigenvalue weighted by molar-refractivity contribution is 5.78. The van der Waals surface area contributed by atoms with E-state index in [-0.39, 0.29) is 0 Å². The molecule has 2 heteroatoms. The number of rotatable bonds is 10. The molecule has 2 nitrogen and oxygen atoms in total. The molecule has 0 bridgehead atoms. The zero-order valence-corrected chi connectivity index (χ0v) is 11.2. The van der Waals surface area contributed by atoms with Gasteiger partial charge in [0.25, 0.3) is 0 Å². The van der Waals surface area contributed by atoms with Crippen LogP contribution in [0.2, 0.25) is 0 Å². The molecule has 1 aromatic rings. The van der Waals surface area contributed by atoms with Gasteiger partial charge in [-0.3, -0.25) is 4.79 Å². The van der Waals surface area contributed by atoms with Gasteiger partial charge >= 0.3 is 0 Å². The molecule has 0 atom stereocenters. The lowest BCUT2D eigenvalue weighted by molar-refractivity contribution is -0.119. The van der Waals surface area contributed by atoms with Crippen molar-refractivity contribution in [2.45, 2.75) is 51.4 Å². The van der Waals surface area contributed by atoms with E-state index in [2.05, 4.69) is 24.3 Å². The second-order valence-electron chi connectivity index (χ2n) is 4.83. The summed E-state index contributed by atoms with van der Waals surface area (Å²) in [5.74, 6) is 0.415. The van der Waals surface area contributed by atoms with Crippen LogP contribution >= 0.6 is 0 Å². The molecule has 0 radical (unpaired) electrons. The van der Waals surface area contributed by atoms with Gasteiger partial charge in [-0.2, -0.15) is 0 Å². The first-order chi connectivity index (χ1) is 8.83. The fourth-order valence-electron chi connectivity index (χ4n) is 2.08. The van der Waals surface area contributed by atoms with Crippen molar-refractivity contribution in [3.05, 3.63) is 35.9 Å². The van der Waals surface area contributed by atoms with E-state index in [0.717, 1.165) is 57.9 Å². The van der Waals surface area contributed by atoms with Crippen molar-refractivity contribution in [1.29, 1.82) is 0 Å². The summed E-state index contributed by atoms with van der Waals surface area (Å²) in [6.07, 6.45) is 7.89. The first kappa shape index (κ1) is 14.9. The zero-order chi connectivity index (χ0) is 13.1. The Balaban J connectivity index is 2.00. The molecule has 0 saturated carbocycles. The summed E-state index contributed by atoms with van der Waals surface area (Å²) in [7, 11) is 0. The number of hydrogen-bond acceptors (Lipinski definition) is 2. The highest BCUT2D eigenvalue weighted by atomic mass is 16.1. The highest BCUT2D eigenvalue weighted by Gasteiger charge is 2.02. The van der Waals surface area contributed by atoms with E-state index in [1.165, 1.54) is 5.56 Å². The molecule has 0 heterocycles. The molecule has 100 valence electrons. The van der Waals surface area contributed by atoms with Crippen LogP contribution in [0.5, 0.6) is 0 Å². The van der Waals surface area contributed by atoms with E-state index < -0.39 is 0 Å². The molecule has 2 N–H and O–H groups in total. The standard InChI is InChI=1S/C16H25NO/c17-14-7-2-1-6-12-16(18)13-8-11-15-9-4-3-5-10-15/h3-5,9-10H,1-2,6-8,11-14,17H2. The summed E-state index contributed by atoms with van der Waals surface area (Å²) in [5, 5.41) is 0. The lowest BCUT2D eigenvalue weighted by Crippen LogP contribution is -2.00. The van der Waals surface area contributed by atoms with Crippen LogP contribution in [0.1, 0.15) is 50.5 Å². The molecule has 0 spiro atoms. The maximum atomic E-state index is 11.6. The van der Waals surface area contributed by atoms with Gasteiger partial charge in [0.15, 0.2) is 0 Å². The number of aryl methyl sites for hydroxylation is 1. The van der Waals surface area contributed by atoms with Crippen molar-refractivity contribution in [2.75, 3.05) is 6.54 Å². The van der Waals surface area contributed by atoms with Gasteiger partial charge < -0.3 is 5.73 Å². The quantitative estimate of drug-likeness (QED) is 0.643. The van der Waals surface area contributed by atoms with Crippen LogP contribution in [0.25, 0.3) is 0 Å². The Morgan fingerprint density at radius 3 is 2.28 bits per heavy atom. The average molecular weight is 247 g/mol. The molecule has 0 unspecified atom stereocenters. The number of hydrogen-bond donors (Lipinski definition) is 1. The van der Waals surface area contributed by atoms with Gasteiger partial charge in [0.2, 0.25) is 0 Å². The van der Waals surface area contributed by atoms with E-state index >= 15 is 0 Å². The van der Waals surface area contributed by atoms with Crippen LogP contribution in [-0.2, 0) is 11.2 Å². The van der Waals surface area contributed by atoms with E-state index in [1.807, 2.05) is 6.07 Å². The van der Waals surface area contributed by atoms with Gasteiger partial charge in [0.1, 0.15) is 5.78 Å². The maximum Gasteiger partial charge on any atom is 0.132 e. The minimum absolute atomic E-state index is 0.415. The van der Waals surface area contributed by atoms with Crippen molar-refractivity contribution in [3.63, 3.8) is 0 Å². The maximum absolute atomic E-state index is 11.6.